The predicted molar refractivity (Wildman–Crippen MR) is 103 cm³/mol. The standard InChI is InChI=1S/C20H25F3N2O2S/c1-13(2)10-16(18(27)24-8-3-4-9-24)25-17(26)12-28-19(25)14-6-5-7-15(11-14)20(21,22)23/h5-7,11,13,16,19H,3-4,8-10,12H2,1-2H3/t16-,19+/m1/s1. The van der Waals surface area contributed by atoms with E-state index in [1.807, 2.05) is 13.8 Å². The van der Waals surface area contributed by atoms with Crippen LogP contribution in [-0.2, 0) is 15.8 Å². The number of carbonyl (C=O) groups excluding carboxylic acids is 2. The van der Waals surface area contributed by atoms with Crippen molar-refractivity contribution in [3.63, 3.8) is 0 Å². The second kappa shape index (κ2) is 8.35. The van der Waals surface area contributed by atoms with Crippen LogP contribution in [0.3, 0.4) is 0 Å². The largest absolute Gasteiger partial charge is 0.416 e. The zero-order valence-corrected chi connectivity index (χ0v) is 16.9. The van der Waals surface area contributed by atoms with Gasteiger partial charge in [0, 0.05) is 13.1 Å². The number of rotatable bonds is 5. The third-order valence-electron chi connectivity index (χ3n) is 5.14. The minimum Gasteiger partial charge on any atom is -0.341 e. The first-order chi connectivity index (χ1) is 13.2. The number of benzene rings is 1. The lowest BCUT2D eigenvalue weighted by atomic mass is 9.99. The second-order valence-corrected chi connectivity index (χ2v) is 8.83. The molecular weight excluding hydrogens is 389 g/mol. The number of alkyl halides is 3. The van der Waals surface area contributed by atoms with Crippen LogP contribution < -0.4 is 0 Å². The number of thioether (sulfide) groups is 1. The van der Waals surface area contributed by atoms with E-state index in [1.165, 1.54) is 22.7 Å². The van der Waals surface area contributed by atoms with Gasteiger partial charge in [-0.1, -0.05) is 26.0 Å². The van der Waals surface area contributed by atoms with Crippen LogP contribution in [0.1, 0.15) is 49.6 Å². The van der Waals surface area contributed by atoms with Gasteiger partial charge in [0.05, 0.1) is 11.3 Å². The molecule has 8 heteroatoms. The Labute approximate surface area is 167 Å². The highest BCUT2D eigenvalue weighted by Gasteiger charge is 2.43. The molecule has 2 heterocycles. The molecule has 0 bridgehead atoms. The van der Waals surface area contributed by atoms with Crippen molar-refractivity contribution >= 4 is 23.6 Å². The molecule has 0 aromatic heterocycles. The Morgan fingerprint density at radius 3 is 2.54 bits per heavy atom. The molecule has 154 valence electrons. The van der Waals surface area contributed by atoms with Crippen LogP contribution in [0.4, 0.5) is 13.2 Å². The molecule has 0 unspecified atom stereocenters. The zero-order chi connectivity index (χ0) is 20.5. The Kier molecular flexibility index (Phi) is 6.27. The van der Waals surface area contributed by atoms with E-state index in [0.717, 1.165) is 25.0 Å². The number of hydrogen-bond acceptors (Lipinski definition) is 3. The molecule has 3 rings (SSSR count). The average Bonchev–Trinajstić information content (AvgIpc) is 3.28. The number of halogens is 3. The molecule has 28 heavy (non-hydrogen) atoms. The maximum absolute atomic E-state index is 13.2. The summed E-state index contributed by atoms with van der Waals surface area (Å²) in [6, 6.07) is 4.44. The number of amides is 2. The van der Waals surface area contributed by atoms with Crippen molar-refractivity contribution in [3.05, 3.63) is 35.4 Å². The SMILES string of the molecule is CC(C)C[C@H](C(=O)N1CCCC1)N1C(=O)CS[C@H]1c1cccc(C(F)(F)F)c1. The van der Waals surface area contributed by atoms with E-state index in [-0.39, 0.29) is 23.5 Å². The Morgan fingerprint density at radius 1 is 1.25 bits per heavy atom. The number of carbonyl (C=O) groups is 2. The van der Waals surface area contributed by atoms with Crippen LogP contribution >= 0.6 is 11.8 Å². The summed E-state index contributed by atoms with van der Waals surface area (Å²) >= 11 is 1.28. The third-order valence-corrected chi connectivity index (χ3v) is 6.37. The van der Waals surface area contributed by atoms with Crippen molar-refractivity contribution in [2.75, 3.05) is 18.8 Å². The fraction of sp³-hybridized carbons (Fsp3) is 0.600. The van der Waals surface area contributed by atoms with E-state index >= 15 is 0 Å². The highest BCUT2D eigenvalue weighted by atomic mass is 32.2. The molecule has 1 aromatic carbocycles. The molecule has 0 saturated carbocycles. The normalized spacial score (nSPS) is 21.6. The summed E-state index contributed by atoms with van der Waals surface area (Å²) in [4.78, 5) is 29.2. The van der Waals surface area contributed by atoms with Gasteiger partial charge in [0.1, 0.15) is 11.4 Å². The zero-order valence-electron chi connectivity index (χ0n) is 16.0. The van der Waals surface area contributed by atoms with Crippen LogP contribution in [0.25, 0.3) is 0 Å². The number of hydrogen-bond donors (Lipinski definition) is 0. The maximum atomic E-state index is 13.2. The van der Waals surface area contributed by atoms with Gasteiger partial charge in [-0.3, -0.25) is 9.59 Å². The second-order valence-electron chi connectivity index (χ2n) is 7.77. The topological polar surface area (TPSA) is 40.6 Å². The number of nitrogens with zero attached hydrogens (tertiary/aromatic N) is 2. The smallest absolute Gasteiger partial charge is 0.341 e. The van der Waals surface area contributed by atoms with Gasteiger partial charge in [0.2, 0.25) is 11.8 Å². The van der Waals surface area contributed by atoms with E-state index in [4.69, 9.17) is 0 Å². The summed E-state index contributed by atoms with van der Waals surface area (Å²) in [7, 11) is 0. The molecule has 2 atom stereocenters. The lowest BCUT2D eigenvalue weighted by Gasteiger charge is -2.35. The molecule has 2 aliphatic rings. The first-order valence-corrected chi connectivity index (χ1v) is 10.6. The highest BCUT2D eigenvalue weighted by molar-refractivity contribution is 8.00. The molecule has 0 aliphatic carbocycles. The molecule has 2 fully saturated rings. The lowest BCUT2D eigenvalue weighted by molar-refractivity contribution is -0.144. The van der Waals surface area contributed by atoms with Crippen molar-refractivity contribution in [1.82, 2.24) is 9.80 Å². The van der Waals surface area contributed by atoms with Crippen molar-refractivity contribution in [2.45, 2.75) is 50.7 Å². The van der Waals surface area contributed by atoms with E-state index < -0.39 is 23.2 Å². The fourth-order valence-corrected chi connectivity index (χ4v) is 5.04. The summed E-state index contributed by atoms with van der Waals surface area (Å²) in [6.07, 6.45) is -2.06. The third kappa shape index (κ3) is 4.47. The van der Waals surface area contributed by atoms with Crippen molar-refractivity contribution < 1.29 is 22.8 Å². The minimum atomic E-state index is -4.45. The van der Waals surface area contributed by atoms with Crippen LogP contribution in [0, 0.1) is 5.92 Å². The van der Waals surface area contributed by atoms with Gasteiger partial charge in [0.25, 0.3) is 0 Å². The quantitative estimate of drug-likeness (QED) is 0.721. The summed E-state index contributed by atoms with van der Waals surface area (Å²) in [5.74, 6) is 0.0738. The van der Waals surface area contributed by atoms with E-state index in [9.17, 15) is 22.8 Å². The lowest BCUT2D eigenvalue weighted by Crippen LogP contribution is -2.50. The predicted octanol–water partition coefficient (Wildman–Crippen LogP) is 4.32. The molecule has 4 nitrogen and oxygen atoms in total. The van der Waals surface area contributed by atoms with Gasteiger partial charge in [-0.15, -0.1) is 11.8 Å². The van der Waals surface area contributed by atoms with Crippen LogP contribution in [0.5, 0.6) is 0 Å². The van der Waals surface area contributed by atoms with Gasteiger partial charge in [-0.2, -0.15) is 13.2 Å². The molecule has 1 aromatic rings. The molecule has 0 spiro atoms. The van der Waals surface area contributed by atoms with Gasteiger partial charge in [-0.05, 0) is 42.9 Å². The van der Waals surface area contributed by atoms with Crippen LogP contribution in [-0.4, -0.2) is 46.5 Å². The fourth-order valence-electron chi connectivity index (χ4n) is 3.83. The van der Waals surface area contributed by atoms with E-state index in [0.29, 0.717) is 25.1 Å². The highest BCUT2D eigenvalue weighted by Crippen LogP contribution is 2.43. The average molecular weight is 414 g/mol. The molecular formula is C20H25F3N2O2S. The molecule has 2 amide bonds. The summed E-state index contributed by atoms with van der Waals surface area (Å²) in [5.41, 5.74) is -0.329. The first-order valence-electron chi connectivity index (χ1n) is 9.57. The summed E-state index contributed by atoms with van der Waals surface area (Å²) < 4.78 is 39.4. The van der Waals surface area contributed by atoms with Crippen molar-refractivity contribution in [1.29, 1.82) is 0 Å². The molecule has 2 aliphatic heterocycles. The Morgan fingerprint density at radius 2 is 1.93 bits per heavy atom. The first kappa shape index (κ1) is 21.0. The van der Waals surface area contributed by atoms with Gasteiger partial charge >= 0.3 is 6.18 Å². The summed E-state index contributed by atoms with van der Waals surface area (Å²) in [6.45, 7) is 5.32. The monoisotopic (exact) mass is 414 g/mol. The van der Waals surface area contributed by atoms with E-state index in [2.05, 4.69) is 0 Å². The van der Waals surface area contributed by atoms with Gasteiger partial charge < -0.3 is 9.80 Å². The van der Waals surface area contributed by atoms with E-state index in [1.54, 1.807) is 11.0 Å². The minimum absolute atomic E-state index is 0.0842. The molecule has 2 saturated heterocycles. The van der Waals surface area contributed by atoms with Crippen LogP contribution in [0.15, 0.2) is 24.3 Å². The maximum Gasteiger partial charge on any atom is 0.416 e. The van der Waals surface area contributed by atoms with Crippen molar-refractivity contribution in [2.24, 2.45) is 5.92 Å². The van der Waals surface area contributed by atoms with Gasteiger partial charge in [-0.25, -0.2) is 0 Å². The van der Waals surface area contributed by atoms with Crippen LogP contribution in [0.2, 0.25) is 0 Å². The van der Waals surface area contributed by atoms with Crippen molar-refractivity contribution in [3.8, 4) is 0 Å². The Balaban J connectivity index is 1.93. The Hall–Kier alpha value is -1.70. The van der Waals surface area contributed by atoms with Gasteiger partial charge in [0.15, 0.2) is 0 Å². The Bertz CT molecular complexity index is 732. The molecule has 0 radical (unpaired) electrons. The summed E-state index contributed by atoms with van der Waals surface area (Å²) in [5, 5.41) is -0.579. The number of likely N-dealkylation sites (tertiary alicyclic amines) is 1. The molecule has 0 N–H and O–H groups in total.